The number of ether oxygens (including phenoxy) is 1. The summed E-state index contributed by atoms with van der Waals surface area (Å²) in [6, 6.07) is 5.00. The van der Waals surface area contributed by atoms with Crippen LogP contribution in [0, 0.1) is 12.7 Å². The number of nitrogens with zero attached hydrogens (tertiary/aromatic N) is 1. The monoisotopic (exact) mass is 329 g/mol. The van der Waals surface area contributed by atoms with Crippen molar-refractivity contribution in [3.05, 3.63) is 50.1 Å². The molecule has 0 amide bonds. The Labute approximate surface area is 118 Å². The maximum absolute atomic E-state index is 13.5. The Morgan fingerprint density at radius 2 is 2.28 bits per heavy atom. The van der Waals surface area contributed by atoms with Crippen LogP contribution in [0.15, 0.2) is 28.2 Å². The van der Waals surface area contributed by atoms with E-state index in [0.717, 1.165) is 16.6 Å². The zero-order valence-corrected chi connectivity index (χ0v) is 12.4. The molecule has 0 bridgehead atoms. The lowest BCUT2D eigenvalue weighted by Crippen LogP contribution is -2.00. The van der Waals surface area contributed by atoms with E-state index in [9.17, 15) is 4.39 Å². The van der Waals surface area contributed by atoms with Crippen molar-refractivity contribution >= 4 is 27.3 Å². The van der Waals surface area contributed by atoms with Crippen molar-refractivity contribution in [3.63, 3.8) is 0 Å². The molecule has 0 aliphatic heterocycles. The van der Waals surface area contributed by atoms with E-state index in [4.69, 9.17) is 4.74 Å². The van der Waals surface area contributed by atoms with Crippen LogP contribution in [0.4, 0.5) is 4.39 Å². The second-order valence-electron chi connectivity index (χ2n) is 3.90. The lowest BCUT2D eigenvalue weighted by molar-refractivity contribution is 0.121. The van der Waals surface area contributed by atoms with Crippen LogP contribution in [-0.4, -0.2) is 11.6 Å². The topological polar surface area (TPSA) is 22.1 Å². The van der Waals surface area contributed by atoms with Gasteiger partial charge in [0.25, 0.3) is 0 Å². The summed E-state index contributed by atoms with van der Waals surface area (Å²) >= 11 is 4.86. The minimum atomic E-state index is -0.238. The fourth-order valence-corrected chi connectivity index (χ4v) is 2.65. The molecule has 0 radical (unpaired) electrons. The second kappa shape index (κ2) is 6.41. The van der Waals surface area contributed by atoms with Crippen LogP contribution < -0.4 is 0 Å². The molecule has 1 aromatic carbocycles. The van der Waals surface area contributed by atoms with Crippen LogP contribution in [0.25, 0.3) is 0 Å². The van der Waals surface area contributed by atoms with Gasteiger partial charge in [-0.3, -0.25) is 0 Å². The van der Waals surface area contributed by atoms with Gasteiger partial charge in [-0.05, 0) is 19.1 Å². The van der Waals surface area contributed by atoms with Gasteiger partial charge in [-0.25, -0.2) is 9.37 Å². The Morgan fingerprint density at radius 3 is 2.94 bits per heavy atom. The van der Waals surface area contributed by atoms with Crippen molar-refractivity contribution < 1.29 is 9.13 Å². The minimum Gasteiger partial charge on any atom is -0.376 e. The van der Waals surface area contributed by atoms with E-state index in [2.05, 4.69) is 20.9 Å². The number of halogens is 2. The Bertz CT molecular complexity index is 529. The van der Waals surface area contributed by atoms with Crippen molar-refractivity contribution in [2.24, 2.45) is 0 Å². The molecule has 96 valence electrons. The van der Waals surface area contributed by atoms with Crippen LogP contribution in [0.2, 0.25) is 0 Å². The molecule has 1 aromatic heterocycles. The quantitative estimate of drug-likeness (QED) is 0.770. The van der Waals surface area contributed by atoms with Crippen molar-refractivity contribution in [2.75, 3.05) is 6.61 Å². The zero-order valence-electron chi connectivity index (χ0n) is 9.95. The molecular formula is C13H13BrFNOS. The van der Waals surface area contributed by atoms with Gasteiger partial charge in [0.2, 0.25) is 0 Å². The SMILES string of the molecule is Cc1ncsc1CCOCc1ccc(Br)cc1F. The molecule has 0 aliphatic rings. The molecular weight excluding hydrogens is 317 g/mol. The number of aromatic nitrogens is 1. The summed E-state index contributed by atoms with van der Waals surface area (Å²) in [5, 5.41) is 0. The highest BCUT2D eigenvalue weighted by Gasteiger charge is 2.04. The Balaban J connectivity index is 1.80. The summed E-state index contributed by atoms with van der Waals surface area (Å²) in [6.45, 7) is 2.87. The molecule has 2 rings (SSSR count). The average molecular weight is 330 g/mol. The van der Waals surface area contributed by atoms with Gasteiger partial charge in [-0.1, -0.05) is 22.0 Å². The maximum Gasteiger partial charge on any atom is 0.129 e. The smallest absolute Gasteiger partial charge is 0.129 e. The van der Waals surface area contributed by atoms with Gasteiger partial charge < -0.3 is 4.74 Å². The molecule has 18 heavy (non-hydrogen) atoms. The Hall–Kier alpha value is -0.780. The third-order valence-corrected chi connectivity index (χ3v) is 4.08. The first-order valence-electron chi connectivity index (χ1n) is 5.57. The van der Waals surface area contributed by atoms with Gasteiger partial charge in [0.05, 0.1) is 24.4 Å². The van der Waals surface area contributed by atoms with Crippen LogP contribution in [-0.2, 0) is 17.8 Å². The summed E-state index contributed by atoms with van der Waals surface area (Å²) in [5.41, 5.74) is 3.47. The molecule has 0 aliphatic carbocycles. The van der Waals surface area contributed by atoms with Crippen molar-refractivity contribution in [3.8, 4) is 0 Å². The third-order valence-electron chi connectivity index (χ3n) is 2.59. The molecule has 1 heterocycles. The predicted molar refractivity (Wildman–Crippen MR) is 74.3 cm³/mol. The third kappa shape index (κ3) is 3.60. The van der Waals surface area contributed by atoms with Gasteiger partial charge >= 0.3 is 0 Å². The van der Waals surface area contributed by atoms with Crippen LogP contribution in [0.1, 0.15) is 16.1 Å². The summed E-state index contributed by atoms with van der Waals surface area (Å²) in [7, 11) is 0. The van der Waals surface area contributed by atoms with Crippen molar-refractivity contribution in [1.29, 1.82) is 0 Å². The lowest BCUT2D eigenvalue weighted by Gasteiger charge is -2.05. The van der Waals surface area contributed by atoms with Gasteiger partial charge in [-0.2, -0.15) is 0 Å². The first kappa shape index (κ1) is 13.6. The molecule has 2 nitrogen and oxygen atoms in total. The van der Waals surface area contributed by atoms with Gasteiger partial charge in [0, 0.05) is 21.3 Å². The molecule has 0 saturated heterocycles. The van der Waals surface area contributed by atoms with E-state index in [1.807, 2.05) is 18.5 Å². The molecule has 0 N–H and O–H groups in total. The number of aryl methyl sites for hydroxylation is 1. The van der Waals surface area contributed by atoms with Gasteiger partial charge in [0.1, 0.15) is 5.82 Å². The number of thiazole rings is 1. The van der Waals surface area contributed by atoms with Crippen LogP contribution >= 0.6 is 27.3 Å². The standard InChI is InChI=1S/C13H13BrFNOS/c1-9-13(18-8-16-9)4-5-17-7-10-2-3-11(14)6-12(10)15/h2-3,6,8H,4-5,7H2,1H3. The van der Waals surface area contributed by atoms with E-state index in [0.29, 0.717) is 18.8 Å². The number of hydrogen-bond donors (Lipinski definition) is 0. The summed E-state index contributed by atoms with van der Waals surface area (Å²) < 4.78 is 19.7. The van der Waals surface area contributed by atoms with E-state index in [1.54, 1.807) is 17.4 Å². The largest absolute Gasteiger partial charge is 0.376 e. The van der Waals surface area contributed by atoms with Gasteiger partial charge in [-0.15, -0.1) is 11.3 Å². The summed E-state index contributed by atoms with van der Waals surface area (Å²) in [4.78, 5) is 5.40. The van der Waals surface area contributed by atoms with E-state index in [-0.39, 0.29) is 5.82 Å². The molecule has 0 spiro atoms. The molecule has 0 fully saturated rings. The molecule has 5 heteroatoms. The molecule has 2 aromatic rings. The highest BCUT2D eigenvalue weighted by molar-refractivity contribution is 9.10. The van der Waals surface area contributed by atoms with E-state index < -0.39 is 0 Å². The predicted octanol–water partition coefficient (Wildman–Crippen LogP) is 4.11. The highest BCUT2D eigenvalue weighted by atomic mass is 79.9. The molecule has 0 saturated carbocycles. The summed E-state index contributed by atoms with van der Waals surface area (Å²) in [5.74, 6) is -0.238. The number of hydrogen-bond acceptors (Lipinski definition) is 3. The maximum atomic E-state index is 13.5. The van der Waals surface area contributed by atoms with Crippen LogP contribution in [0.3, 0.4) is 0 Å². The Morgan fingerprint density at radius 1 is 1.44 bits per heavy atom. The Kier molecular flexibility index (Phi) is 4.86. The fourth-order valence-electron chi connectivity index (χ4n) is 1.55. The normalized spacial score (nSPS) is 10.8. The van der Waals surface area contributed by atoms with E-state index >= 15 is 0 Å². The molecule has 0 unspecified atom stereocenters. The first-order valence-corrected chi connectivity index (χ1v) is 7.24. The van der Waals surface area contributed by atoms with Gasteiger partial charge in [0.15, 0.2) is 0 Å². The average Bonchev–Trinajstić information content (AvgIpc) is 2.73. The first-order chi connectivity index (χ1) is 8.66. The number of benzene rings is 1. The highest BCUT2D eigenvalue weighted by Crippen LogP contribution is 2.17. The number of rotatable bonds is 5. The van der Waals surface area contributed by atoms with Crippen molar-refractivity contribution in [1.82, 2.24) is 4.98 Å². The van der Waals surface area contributed by atoms with Crippen molar-refractivity contribution in [2.45, 2.75) is 20.0 Å². The lowest BCUT2D eigenvalue weighted by atomic mass is 10.2. The second-order valence-corrected chi connectivity index (χ2v) is 5.75. The minimum absolute atomic E-state index is 0.238. The molecule has 0 atom stereocenters. The zero-order chi connectivity index (χ0) is 13.0. The van der Waals surface area contributed by atoms with E-state index in [1.165, 1.54) is 10.9 Å². The summed E-state index contributed by atoms with van der Waals surface area (Å²) in [6.07, 6.45) is 0.828. The van der Waals surface area contributed by atoms with Crippen LogP contribution in [0.5, 0.6) is 0 Å². The fraction of sp³-hybridized carbons (Fsp3) is 0.308.